The van der Waals surface area contributed by atoms with Crippen molar-refractivity contribution < 1.29 is 0 Å². The van der Waals surface area contributed by atoms with Crippen molar-refractivity contribution in [2.24, 2.45) is 29.4 Å². The Morgan fingerprint density at radius 1 is 1.05 bits per heavy atom. The summed E-state index contributed by atoms with van der Waals surface area (Å²) in [6.45, 7) is 17.4. The number of piperidine rings is 1. The average Bonchev–Trinajstić information content (AvgIpc) is 2.30. The standard InChI is InChI=1S/C17H36N2/c1-13(2)9-17(12-18,10-14(3)4)19-8-7-15(5)16(6)11-19/h13-16H,7-12,18H2,1-6H3. The van der Waals surface area contributed by atoms with Gasteiger partial charge in [-0.2, -0.15) is 0 Å². The van der Waals surface area contributed by atoms with Crippen LogP contribution in [-0.4, -0.2) is 30.1 Å². The Morgan fingerprint density at radius 2 is 1.58 bits per heavy atom. The minimum atomic E-state index is 0.233. The molecule has 0 bridgehead atoms. The van der Waals surface area contributed by atoms with Gasteiger partial charge in [-0.15, -0.1) is 0 Å². The number of nitrogens with zero attached hydrogens (tertiary/aromatic N) is 1. The zero-order valence-electron chi connectivity index (χ0n) is 14.1. The second kappa shape index (κ2) is 7.08. The lowest BCUT2D eigenvalue weighted by atomic mass is 9.77. The summed E-state index contributed by atoms with van der Waals surface area (Å²) in [5, 5.41) is 0. The summed E-state index contributed by atoms with van der Waals surface area (Å²) in [7, 11) is 0. The molecule has 1 heterocycles. The van der Waals surface area contributed by atoms with E-state index in [9.17, 15) is 0 Å². The molecule has 0 aromatic heterocycles. The van der Waals surface area contributed by atoms with Crippen LogP contribution in [0.1, 0.15) is 60.8 Å². The molecule has 1 saturated heterocycles. The molecule has 0 aromatic rings. The van der Waals surface area contributed by atoms with E-state index in [1.54, 1.807) is 0 Å². The first-order valence-corrected chi connectivity index (χ1v) is 8.26. The minimum absolute atomic E-state index is 0.233. The normalized spacial score (nSPS) is 26.4. The van der Waals surface area contributed by atoms with E-state index >= 15 is 0 Å². The van der Waals surface area contributed by atoms with Crippen LogP contribution in [0.4, 0.5) is 0 Å². The Labute approximate surface area is 121 Å². The van der Waals surface area contributed by atoms with Gasteiger partial charge in [0.2, 0.25) is 0 Å². The van der Waals surface area contributed by atoms with E-state index < -0.39 is 0 Å². The minimum Gasteiger partial charge on any atom is -0.329 e. The first-order chi connectivity index (χ1) is 8.80. The average molecular weight is 268 g/mol. The summed E-state index contributed by atoms with van der Waals surface area (Å²) < 4.78 is 0. The predicted octanol–water partition coefficient (Wildman–Crippen LogP) is 3.75. The van der Waals surface area contributed by atoms with Gasteiger partial charge in [0, 0.05) is 18.6 Å². The highest BCUT2D eigenvalue weighted by atomic mass is 15.2. The van der Waals surface area contributed by atoms with Crippen molar-refractivity contribution in [3.8, 4) is 0 Å². The lowest BCUT2D eigenvalue weighted by Crippen LogP contribution is -2.59. The fourth-order valence-corrected chi connectivity index (χ4v) is 3.85. The summed E-state index contributed by atoms with van der Waals surface area (Å²) in [5.41, 5.74) is 6.51. The monoisotopic (exact) mass is 268 g/mol. The molecular weight excluding hydrogens is 232 g/mol. The fourth-order valence-electron chi connectivity index (χ4n) is 3.85. The van der Waals surface area contributed by atoms with Gasteiger partial charge in [-0.1, -0.05) is 41.5 Å². The molecule has 0 aliphatic carbocycles. The SMILES string of the molecule is CC(C)CC(CN)(CC(C)C)N1CCC(C)C(C)C1. The number of hydrogen-bond donors (Lipinski definition) is 1. The molecule has 1 rings (SSSR count). The Hall–Kier alpha value is -0.0800. The maximum Gasteiger partial charge on any atom is 0.0336 e. The highest BCUT2D eigenvalue weighted by molar-refractivity contribution is 4.96. The molecule has 1 aliphatic heterocycles. The van der Waals surface area contributed by atoms with E-state index in [2.05, 4.69) is 46.4 Å². The van der Waals surface area contributed by atoms with Crippen LogP contribution in [0, 0.1) is 23.7 Å². The van der Waals surface area contributed by atoms with Crippen LogP contribution in [0.15, 0.2) is 0 Å². The van der Waals surface area contributed by atoms with Crippen LogP contribution in [-0.2, 0) is 0 Å². The molecule has 0 saturated carbocycles. The van der Waals surface area contributed by atoms with Gasteiger partial charge >= 0.3 is 0 Å². The van der Waals surface area contributed by atoms with Crippen LogP contribution in [0.3, 0.4) is 0 Å². The summed E-state index contributed by atoms with van der Waals surface area (Å²) in [6, 6.07) is 0. The van der Waals surface area contributed by atoms with Crippen molar-refractivity contribution in [3.63, 3.8) is 0 Å². The molecule has 2 unspecified atom stereocenters. The van der Waals surface area contributed by atoms with E-state index in [-0.39, 0.29) is 5.54 Å². The van der Waals surface area contributed by atoms with Gasteiger partial charge in [0.1, 0.15) is 0 Å². The first kappa shape index (κ1) is 17.0. The second-order valence-electron chi connectivity index (χ2n) is 7.81. The zero-order valence-corrected chi connectivity index (χ0v) is 14.1. The molecule has 2 nitrogen and oxygen atoms in total. The zero-order chi connectivity index (χ0) is 14.6. The van der Waals surface area contributed by atoms with Crippen LogP contribution in [0.5, 0.6) is 0 Å². The maximum absolute atomic E-state index is 6.27. The molecule has 0 amide bonds. The summed E-state index contributed by atoms with van der Waals surface area (Å²) in [6.07, 6.45) is 3.81. The lowest BCUT2D eigenvalue weighted by Gasteiger charge is -2.50. The van der Waals surface area contributed by atoms with Crippen molar-refractivity contribution in [1.82, 2.24) is 4.90 Å². The highest BCUT2D eigenvalue weighted by Gasteiger charge is 2.39. The van der Waals surface area contributed by atoms with Gasteiger partial charge < -0.3 is 5.73 Å². The number of nitrogens with two attached hydrogens (primary N) is 1. The van der Waals surface area contributed by atoms with Gasteiger partial charge in [0.05, 0.1) is 0 Å². The van der Waals surface area contributed by atoms with Gasteiger partial charge in [-0.05, 0) is 49.5 Å². The molecule has 1 aliphatic rings. The van der Waals surface area contributed by atoms with Gasteiger partial charge in [0.15, 0.2) is 0 Å². The topological polar surface area (TPSA) is 29.3 Å². The van der Waals surface area contributed by atoms with E-state index in [0.717, 1.165) is 30.2 Å². The Bertz CT molecular complexity index is 250. The molecule has 0 radical (unpaired) electrons. The van der Waals surface area contributed by atoms with Gasteiger partial charge in [-0.3, -0.25) is 4.90 Å². The molecule has 114 valence electrons. The van der Waals surface area contributed by atoms with E-state index in [1.807, 2.05) is 0 Å². The fraction of sp³-hybridized carbons (Fsp3) is 1.00. The van der Waals surface area contributed by atoms with Crippen molar-refractivity contribution in [3.05, 3.63) is 0 Å². The molecule has 0 aromatic carbocycles. The molecular formula is C17H36N2. The van der Waals surface area contributed by atoms with Crippen molar-refractivity contribution in [2.75, 3.05) is 19.6 Å². The van der Waals surface area contributed by atoms with Crippen LogP contribution in [0.25, 0.3) is 0 Å². The van der Waals surface area contributed by atoms with E-state index in [0.29, 0.717) is 0 Å². The molecule has 2 atom stereocenters. The molecule has 2 N–H and O–H groups in total. The Morgan fingerprint density at radius 3 is 1.95 bits per heavy atom. The number of likely N-dealkylation sites (tertiary alicyclic amines) is 1. The van der Waals surface area contributed by atoms with Gasteiger partial charge in [0.25, 0.3) is 0 Å². The highest BCUT2D eigenvalue weighted by Crippen LogP contribution is 2.35. The third-order valence-electron chi connectivity index (χ3n) is 4.96. The first-order valence-electron chi connectivity index (χ1n) is 8.26. The third kappa shape index (κ3) is 4.46. The van der Waals surface area contributed by atoms with Crippen LogP contribution in [0.2, 0.25) is 0 Å². The largest absolute Gasteiger partial charge is 0.329 e. The predicted molar refractivity (Wildman–Crippen MR) is 85.2 cm³/mol. The molecule has 0 spiro atoms. The molecule has 2 heteroatoms. The van der Waals surface area contributed by atoms with Crippen LogP contribution < -0.4 is 5.73 Å². The summed E-state index contributed by atoms with van der Waals surface area (Å²) in [5.74, 6) is 3.11. The molecule has 1 fully saturated rings. The van der Waals surface area contributed by atoms with E-state index in [4.69, 9.17) is 5.73 Å². The maximum atomic E-state index is 6.27. The van der Waals surface area contributed by atoms with E-state index in [1.165, 1.54) is 32.4 Å². The van der Waals surface area contributed by atoms with Crippen molar-refractivity contribution in [2.45, 2.75) is 66.3 Å². The molecule has 19 heavy (non-hydrogen) atoms. The Balaban J connectivity index is 2.87. The Kier molecular flexibility index (Phi) is 6.32. The quantitative estimate of drug-likeness (QED) is 0.795. The lowest BCUT2D eigenvalue weighted by molar-refractivity contribution is 0.00461. The number of hydrogen-bond acceptors (Lipinski definition) is 2. The second-order valence-corrected chi connectivity index (χ2v) is 7.81. The van der Waals surface area contributed by atoms with Crippen molar-refractivity contribution >= 4 is 0 Å². The van der Waals surface area contributed by atoms with Crippen molar-refractivity contribution in [1.29, 1.82) is 0 Å². The third-order valence-corrected chi connectivity index (χ3v) is 4.96. The summed E-state index contributed by atoms with van der Waals surface area (Å²) >= 11 is 0. The number of rotatable bonds is 6. The van der Waals surface area contributed by atoms with Gasteiger partial charge in [-0.25, -0.2) is 0 Å². The summed E-state index contributed by atoms with van der Waals surface area (Å²) in [4.78, 5) is 2.73. The van der Waals surface area contributed by atoms with Crippen LogP contribution >= 0.6 is 0 Å². The smallest absolute Gasteiger partial charge is 0.0336 e.